The lowest BCUT2D eigenvalue weighted by molar-refractivity contribution is -0.124. The summed E-state index contributed by atoms with van der Waals surface area (Å²) >= 11 is 0. The maximum absolute atomic E-state index is 12.3. The Kier molecular flexibility index (Phi) is 6.99. The van der Waals surface area contributed by atoms with Crippen LogP contribution in [-0.2, 0) is 16.1 Å². The highest BCUT2D eigenvalue weighted by Crippen LogP contribution is 2.25. The van der Waals surface area contributed by atoms with Crippen molar-refractivity contribution in [2.75, 3.05) is 17.2 Å². The minimum atomic E-state index is -0.376. The van der Waals surface area contributed by atoms with Crippen molar-refractivity contribution in [3.63, 3.8) is 0 Å². The largest absolute Gasteiger partial charge is 0.474 e. The molecular weight excluding hydrogens is 396 g/mol. The van der Waals surface area contributed by atoms with E-state index in [1.54, 1.807) is 30.5 Å². The zero-order valence-electron chi connectivity index (χ0n) is 17.4. The second-order valence-electron chi connectivity index (χ2n) is 7.87. The highest BCUT2D eigenvalue weighted by Gasteiger charge is 2.23. The number of hydrogen-bond donors (Lipinski definition) is 3. The first-order chi connectivity index (χ1) is 15.2. The maximum Gasteiger partial charge on any atom is 0.319 e. The standard InChI is InChI=1S/C23H28N4O4/c28-21(20-8-4-14-30-20)26-17-9-11-18(12-10-17)27-23(29)25-15-16-5-3-13-24-22(16)31-19-6-1-2-7-19/h3,5,9-13,19-20H,1-2,4,6-8,14-15H2,(H,26,28)(H2,25,27,29)/t20-/m1/s1. The van der Waals surface area contributed by atoms with E-state index in [9.17, 15) is 9.59 Å². The number of benzene rings is 1. The van der Waals surface area contributed by atoms with Gasteiger partial charge in [-0.25, -0.2) is 9.78 Å². The monoisotopic (exact) mass is 424 g/mol. The maximum atomic E-state index is 12.3. The Balaban J connectivity index is 1.26. The van der Waals surface area contributed by atoms with Crippen LogP contribution < -0.4 is 20.7 Å². The van der Waals surface area contributed by atoms with Crippen molar-refractivity contribution in [1.82, 2.24) is 10.3 Å². The van der Waals surface area contributed by atoms with Gasteiger partial charge in [0, 0.05) is 36.3 Å². The molecule has 1 saturated carbocycles. The van der Waals surface area contributed by atoms with E-state index in [4.69, 9.17) is 9.47 Å². The first-order valence-corrected chi connectivity index (χ1v) is 10.9. The number of urea groups is 1. The highest BCUT2D eigenvalue weighted by atomic mass is 16.5. The molecule has 8 nitrogen and oxygen atoms in total. The number of ether oxygens (including phenoxy) is 2. The molecule has 1 aliphatic heterocycles. The number of pyridine rings is 1. The summed E-state index contributed by atoms with van der Waals surface area (Å²) in [5.41, 5.74) is 2.13. The summed E-state index contributed by atoms with van der Waals surface area (Å²) in [4.78, 5) is 28.7. The molecule has 1 aromatic carbocycles. The molecule has 0 bridgehead atoms. The van der Waals surface area contributed by atoms with Gasteiger partial charge in [-0.3, -0.25) is 4.79 Å². The van der Waals surface area contributed by atoms with Crippen LogP contribution in [0.15, 0.2) is 42.6 Å². The lowest BCUT2D eigenvalue weighted by atomic mass is 10.2. The van der Waals surface area contributed by atoms with Gasteiger partial charge in [-0.15, -0.1) is 0 Å². The van der Waals surface area contributed by atoms with Gasteiger partial charge in [0.15, 0.2) is 0 Å². The van der Waals surface area contributed by atoms with Crippen LogP contribution in [0.2, 0.25) is 0 Å². The molecule has 0 unspecified atom stereocenters. The first kappa shape index (κ1) is 21.1. The Hall–Kier alpha value is -3.13. The van der Waals surface area contributed by atoms with Crippen LogP contribution in [0.5, 0.6) is 5.88 Å². The van der Waals surface area contributed by atoms with Crippen molar-refractivity contribution in [3.8, 4) is 5.88 Å². The van der Waals surface area contributed by atoms with Crippen molar-refractivity contribution in [2.45, 2.75) is 57.3 Å². The number of nitrogens with one attached hydrogen (secondary N) is 3. The van der Waals surface area contributed by atoms with Gasteiger partial charge in [0.05, 0.1) is 0 Å². The van der Waals surface area contributed by atoms with E-state index in [0.717, 1.165) is 31.2 Å². The van der Waals surface area contributed by atoms with Gasteiger partial charge in [0.25, 0.3) is 5.91 Å². The third kappa shape index (κ3) is 5.95. The molecule has 164 valence electrons. The van der Waals surface area contributed by atoms with Gasteiger partial charge in [-0.2, -0.15) is 0 Å². The summed E-state index contributed by atoms with van der Waals surface area (Å²) in [6.45, 7) is 0.945. The molecule has 1 saturated heterocycles. The molecule has 2 fully saturated rings. The van der Waals surface area contributed by atoms with E-state index in [0.29, 0.717) is 30.4 Å². The van der Waals surface area contributed by atoms with E-state index < -0.39 is 0 Å². The fourth-order valence-corrected chi connectivity index (χ4v) is 3.82. The predicted molar refractivity (Wildman–Crippen MR) is 117 cm³/mol. The molecule has 0 spiro atoms. The molecule has 3 N–H and O–H groups in total. The molecule has 1 atom stereocenters. The lowest BCUT2D eigenvalue weighted by Gasteiger charge is -2.15. The minimum absolute atomic E-state index is 0.136. The second kappa shape index (κ2) is 10.3. The third-order valence-corrected chi connectivity index (χ3v) is 5.50. The van der Waals surface area contributed by atoms with E-state index in [1.165, 1.54) is 12.8 Å². The van der Waals surface area contributed by atoms with Gasteiger partial charge >= 0.3 is 6.03 Å². The minimum Gasteiger partial charge on any atom is -0.474 e. The molecule has 4 rings (SSSR count). The molecule has 8 heteroatoms. The van der Waals surface area contributed by atoms with Crippen molar-refractivity contribution in [1.29, 1.82) is 0 Å². The van der Waals surface area contributed by atoms with E-state index >= 15 is 0 Å². The van der Waals surface area contributed by atoms with Crippen molar-refractivity contribution in [3.05, 3.63) is 48.2 Å². The second-order valence-corrected chi connectivity index (χ2v) is 7.87. The average Bonchev–Trinajstić information content (AvgIpc) is 3.49. The number of amides is 3. The van der Waals surface area contributed by atoms with Crippen molar-refractivity contribution >= 4 is 23.3 Å². The zero-order chi connectivity index (χ0) is 21.5. The molecule has 2 aliphatic rings. The predicted octanol–water partition coefficient (Wildman–Crippen LogP) is 3.84. The molecule has 1 aromatic heterocycles. The van der Waals surface area contributed by atoms with E-state index in [-0.39, 0.29) is 24.1 Å². The Labute approximate surface area is 181 Å². The van der Waals surface area contributed by atoms with Crippen LogP contribution in [0.3, 0.4) is 0 Å². The van der Waals surface area contributed by atoms with E-state index in [1.807, 2.05) is 12.1 Å². The summed E-state index contributed by atoms with van der Waals surface area (Å²) in [7, 11) is 0. The van der Waals surface area contributed by atoms with Crippen LogP contribution in [0, 0.1) is 0 Å². The van der Waals surface area contributed by atoms with Crippen LogP contribution in [0.25, 0.3) is 0 Å². The smallest absolute Gasteiger partial charge is 0.319 e. The number of carbonyl (C=O) groups excluding carboxylic acids is 2. The summed E-state index contributed by atoms with van der Waals surface area (Å²) in [6, 6.07) is 10.4. The van der Waals surface area contributed by atoms with Gasteiger partial charge in [-0.05, 0) is 68.9 Å². The summed E-state index contributed by atoms with van der Waals surface area (Å²) in [6.07, 6.45) is 7.66. The summed E-state index contributed by atoms with van der Waals surface area (Å²) < 4.78 is 11.4. The van der Waals surface area contributed by atoms with Crippen LogP contribution in [0.4, 0.5) is 16.2 Å². The zero-order valence-corrected chi connectivity index (χ0v) is 17.4. The summed E-state index contributed by atoms with van der Waals surface area (Å²) in [5, 5.41) is 8.47. The SMILES string of the molecule is O=C(NCc1cccnc1OC1CCCC1)Nc1ccc(NC(=O)[C@H]2CCCO2)cc1. The highest BCUT2D eigenvalue weighted by molar-refractivity contribution is 5.95. The molecule has 1 aliphatic carbocycles. The van der Waals surface area contributed by atoms with Gasteiger partial charge < -0.3 is 25.4 Å². The van der Waals surface area contributed by atoms with Crippen molar-refractivity contribution in [2.24, 2.45) is 0 Å². The lowest BCUT2D eigenvalue weighted by Crippen LogP contribution is -2.29. The number of rotatable bonds is 7. The van der Waals surface area contributed by atoms with Crippen LogP contribution >= 0.6 is 0 Å². The fraction of sp³-hybridized carbons (Fsp3) is 0.435. The third-order valence-electron chi connectivity index (χ3n) is 5.50. The topological polar surface area (TPSA) is 102 Å². The Bertz CT molecular complexity index is 891. The number of carbonyl (C=O) groups is 2. The van der Waals surface area contributed by atoms with E-state index in [2.05, 4.69) is 20.9 Å². The van der Waals surface area contributed by atoms with Gasteiger partial charge in [0.2, 0.25) is 5.88 Å². The number of nitrogens with zero attached hydrogens (tertiary/aromatic N) is 1. The van der Waals surface area contributed by atoms with Gasteiger partial charge in [0.1, 0.15) is 12.2 Å². The van der Waals surface area contributed by atoms with Crippen LogP contribution in [-0.4, -0.2) is 35.7 Å². The molecular formula is C23H28N4O4. The number of aromatic nitrogens is 1. The average molecular weight is 425 g/mol. The van der Waals surface area contributed by atoms with Crippen molar-refractivity contribution < 1.29 is 19.1 Å². The first-order valence-electron chi connectivity index (χ1n) is 10.9. The van der Waals surface area contributed by atoms with Crippen LogP contribution in [0.1, 0.15) is 44.1 Å². The number of anilines is 2. The summed E-state index contributed by atoms with van der Waals surface area (Å²) in [5.74, 6) is 0.448. The Morgan fingerprint density at radius 2 is 1.74 bits per heavy atom. The Morgan fingerprint density at radius 3 is 2.45 bits per heavy atom. The quantitative estimate of drug-likeness (QED) is 0.627. The molecule has 3 amide bonds. The Morgan fingerprint density at radius 1 is 1.00 bits per heavy atom. The normalized spacial score (nSPS) is 18.5. The molecule has 2 aromatic rings. The molecule has 0 radical (unpaired) electrons. The molecule has 2 heterocycles. The molecule has 31 heavy (non-hydrogen) atoms. The number of hydrogen-bond acceptors (Lipinski definition) is 5. The van der Waals surface area contributed by atoms with Gasteiger partial charge in [-0.1, -0.05) is 6.07 Å². The fourth-order valence-electron chi connectivity index (χ4n) is 3.82.